The van der Waals surface area contributed by atoms with Crippen molar-refractivity contribution in [3.05, 3.63) is 0 Å². The molecule has 7 N–H and O–H groups in total. The van der Waals surface area contributed by atoms with E-state index in [1.165, 1.54) is 0 Å². The Kier molecular flexibility index (Phi) is 8.85. The minimum absolute atomic E-state index is 0.0579. The molecule has 1 aliphatic heterocycles. The summed E-state index contributed by atoms with van der Waals surface area (Å²) in [6.07, 6.45) is 11.9. The van der Waals surface area contributed by atoms with Crippen LogP contribution in [0, 0.1) is 27.6 Å². The van der Waals surface area contributed by atoms with Crippen molar-refractivity contribution >= 4 is 29.5 Å². The first-order valence-corrected chi connectivity index (χ1v) is 17.2. The SMILES string of the molecule is CC(C)(C)[C@H](NC(=O)NCC1(N)CCCCC1)C(=O)N1C[C@]2(C[C@H]1C(=O)NC(CC1CCC1)C(=O)C(N)=O)C(C)(C)C21CCC1. The summed E-state index contributed by atoms with van der Waals surface area (Å²) in [7, 11) is 0. The zero-order valence-corrected chi connectivity index (χ0v) is 28.1. The van der Waals surface area contributed by atoms with E-state index >= 15 is 0 Å². The van der Waals surface area contributed by atoms with Crippen molar-refractivity contribution < 1.29 is 24.0 Å². The molecular formula is C34H56N6O5. The molecule has 11 nitrogen and oxygen atoms in total. The molecular weight excluding hydrogens is 572 g/mol. The summed E-state index contributed by atoms with van der Waals surface area (Å²) < 4.78 is 0. The second-order valence-corrected chi connectivity index (χ2v) is 16.7. The highest BCUT2D eigenvalue weighted by Crippen LogP contribution is 2.88. The number of fused-ring (bicyclic) bond motifs is 1. The van der Waals surface area contributed by atoms with Crippen LogP contribution in [0.2, 0.25) is 0 Å². The van der Waals surface area contributed by atoms with Gasteiger partial charge in [0.25, 0.3) is 5.91 Å². The zero-order chi connectivity index (χ0) is 33.0. The highest BCUT2D eigenvalue weighted by atomic mass is 16.2. The lowest BCUT2D eigenvalue weighted by Crippen LogP contribution is -2.61. The summed E-state index contributed by atoms with van der Waals surface area (Å²) in [5.74, 6) is -2.37. The number of Topliss-reactive ketones (excluding diaryl/α,β-unsaturated/α-hetero) is 1. The van der Waals surface area contributed by atoms with Gasteiger partial charge in [-0.15, -0.1) is 0 Å². The quantitative estimate of drug-likeness (QED) is 0.232. The molecule has 4 saturated carbocycles. The summed E-state index contributed by atoms with van der Waals surface area (Å²) in [6, 6.07) is -3.20. The molecule has 0 aromatic heterocycles. The van der Waals surface area contributed by atoms with Crippen LogP contribution in [0.5, 0.6) is 0 Å². The Morgan fingerprint density at radius 3 is 2.02 bits per heavy atom. The minimum Gasteiger partial charge on any atom is -0.363 e. The normalized spacial score (nSPS) is 29.2. The molecule has 1 saturated heterocycles. The summed E-state index contributed by atoms with van der Waals surface area (Å²) in [5, 5.41) is 8.72. The molecule has 45 heavy (non-hydrogen) atoms. The highest BCUT2D eigenvalue weighted by molar-refractivity contribution is 6.37. The van der Waals surface area contributed by atoms with Gasteiger partial charge in [0.1, 0.15) is 12.1 Å². The third-order valence-electron chi connectivity index (χ3n) is 12.9. The van der Waals surface area contributed by atoms with Crippen molar-refractivity contribution in [2.75, 3.05) is 13.1 Å². The van der Waals surface area contributed by atoms with E-state index < -0.39 is 52.7 Å². The van der Waals surface area contributed by atoms with Gasteiger partial charge in [0.15, 0.2) is 0 Å². The van der Waals surface area contributed by atoms with Crippen LogP contribution in [-0.2, 0) is 19.2 Å². The maximum absolute atomic E-state index is 14.6. The number of primary amides is 1. The number of nitrogens with zero attached hydrogens (tertiary/aromatic N) is 1. The largest absolute Gasteiger partial charge is 0.363 e. The molecule has 0 aromatic carbocycles. The molecule has 5 aliphatic rings. The number of rotatable bonds is 10. The van der Waals surface area contributed by atoms with E-state index in [2.05, 4.69) is 29.8 Å². The Balaban J connectivity index is 1.37. The third kappa shape index (κ3) is 5.87. The van der Waals surface area contributed by atoms with Gasteiger partial charge in [0.05, 0.1) is 6.04 Å². The Morgan fingerprint density at radius 1 is 0.889 bits per heavy atom. The van der Waals surface area contributed by atoms with Crippen LogP contribution < -0.4 is 27.4 Å². The van der Waals surface area contributed by atoms with Crippen LogP contribution in [0.3, 0.4) is 0 Å². The predicted octanol–water partition coefficient (Wildman–Crippen LogP) is 2.89. The Morgan fingerprint density at radius 2 is 1.53 bits per heavy atom. The van der Waals surface area contributed by atoms with Crippen LogP contribution >= 0.6 is 0 Å². The Bertz CT molecular complexity index is 1210. The Hall–Kier alpha value is -2.69. The van der Waals surface area contributed by atoms with Crippen LogP contribution in [0.15, 0.2) is 0 Å². The molecule has 252 valence electrons. The van der Waals surface area contributed by atoms with E-state index in [0.717, 1.165) is 70.6 Å². The fourth-order valence-electron chi connectivity index (χ4n) is 9.48. The van der Waals surface area contributed by atoms with Crippen LogP contribution in [0.4, 0.5) is 4.79 Å². The van der Waals surface area contributed by atoms with E-state index in [1.807, 2.05) is 20.8 Å². The average Bonchev–Trinajstić information content (AvgIpc) is 3.15. The van der Waals surface area contributed by atoms with Gasteiger partial charge in [-0.25, -0.2) is 4.79 Å². The van der Waals surface area contributed by atoms with Gasteiger partial charge < -0.3 is 32.3 Å². The number of likely N-dealkylation sites (tertiary alicyclic amines) is 1. The van der Waals surface area contributed by atoms with Gasteiger partial charge in [-0.1, -0.05) is 79.6 Å². The first-order chi connectivity index (χ1) is 21.0. The molecule has 1 unspecified atom stereocenters. The standard InChI is InChI=1S/C34H56N6O5/c1-30(2,3)25(39-29(45)37-19-32(36)13-7-6-8-14-32)28(44)40-20-34(31(4,5)33(34)15-10-16-33)18-23(40)27(43)38-22(24(41)26(35)42)17-21-11-9-12-21/h21-23,25H,6-20,36H2,1-5H3,(H2,35,42)(H,38,43)(H2,37,39,45)/t22?,23-,25+,34+/m0/s1. The molecule has 1 heterocycles. The molecule has 5 fully saturated rings. The molecule has 2 spiro atoms. The molecule has 0 aromatic rings. The van der Waals surface area contributed by atoms with E-state index in [9.17, 15) is 24.0 Å². The lowest BCUT2D eigenvalue weighted by molar-refractivity contribution is -0.143. The summed E-state index contributed by atoms with van der Waals surface area (Å²) in [4.78, 5) is 68.3. The number of carbonyl (C=O) groups excluding carboxylic acids is 5. The second-order valence-electron chi connectivity index (χ2n) is 16.7. The van der Waals surface area contributed by atoms with Crippen molar-refractivity contribution in [1.29, 1.82) is 0 Å². The molecule has 0 radical (unpaired) electrons. The lowest BCUT2D eigenvalue weighted by atomic mass is 9.73. The van der Waals surface area contributed by atoms with Gasteiger partial charge >= 0.3 is 6.03 Å². The molecule has 11 heteroatoms. The number of ketones is 1. The molecule has 5 amide bonds. The number of hydrogen-bond donors (Lipinski definition) is 5. The van der Waals surface area contributed by atoms with Crippen molar-refractivity contribution in [1.82, 2.24) is 20.9 Å². The van der Waals surface area contributed by atoms with Gasteiger partial charge in [-0.2, -0.15) is 0 Å². The van der Waals surface area contributed by atoms with Crippen LogP contribution in [0.1, 0.15) is 118 Å². The first-order valence-electron chi connectivity index (χ1n) is 17.2. The summed E-state index contributed by atoms with van der Waals surface area (Å²) >= 11 is 0. The fourth-order valence-corrected chi connectivity index (χ4v) is 9.48. The van der Waals surface area contributed by atoms with E-state index in [0.29, 0.717) is 25.9 Å². The summed E-state index contributed by atoms with van der Waals surface area (Å²) in [6.45, 7) is 10.9. The maximum Gasteiger partial charge on any atom is 0.315 e. The third-order valence-corrected chi connectivity index (χ3v) is 12.9. The molecule has 0 bridgehead atoms. The zero-order valence-electron chi connectivity index (χ0n) is 28.1. The molecule has 4 aliphatic carbocycles. The minimum atomic E-state index is -1.07. The highest BCUT2D eigenvalue weighted by Gasteiger charge is 2.85. The van der Waals surface area contributed by atoms with Gasteiger partial charge in [-0.3, -0.25) is 19.2 Å². The van der Waals surface area contributed by atoms with Crippen molar-refractivity contribution in [3.63, 3.8) is 0 Å². The predicted molar refractivity (Wildman–Crippen MR) is 170 cm³/mol. The molecule has 5 rings (SSSR count). The number of carbonyl (C=O) groups is 5. The van der Waals surface area contributed by atoms with Crippen LogP contribution in [-0.4, -0.2) is 71.2 Å². The number of amides is 5. The van der Waals surface area contributed by atoms with Crippen molar-refractivity contribution in [2.45, 2.75) is 142 Å². The fraction of sp³-hybridized carbons (Fsp3) is 0.853. The second kappa shape index (κ2) is 11.8. The molecule has 4 atom stereocenters. The van der Waals surface area contributed by atoms with Crippen LogP contribution in [0.25, 0.3) is 0 Å². The number of urea groups is 1. The van der Waals surface area contributed by atoms with Gasteiger partial charge in [0, 0.05) is 24.0 Å². The van der Waals surface area contributed by atoms with Gasteiger partial charge in [0.2, 0.25) is 17.6 Å². The maximum atomic E-state index is 14.6. The monoisotopic (exact) mass is 628 g/mol. The lowest BCUT2D eigenvalue weighted by Gasteiger charge is -2.37. The van der Waals surface area contributed by atoms with E-state index in [-0.39, 0.29) is 28.1 Å². The van der Waals surface area contributed by atoms with Crippen molar-refractivity contribution in [2.24, 2.45) is 39.0 Å². The van der Waals surface area contributed by atoms with E-state index in [1.54, 1.807) is 4.90 Å². The average molecular weight is 629 g/mol. The summed E-state index contributed by atoms with van der Waals surface area (Å²) in [5.41, 5.74) is 10.6. The Labute approximate surface area is 268 Å². The number of nitrogens with two attached hydrogens (primary N) is 2. The van der Waals surface area contributed by atoms with E-state index in [4.69, 9.17) is 11.5 Å². The first kappa shape index (κ1) is 33.7. The van der Waals surface area contributed by atoms with Crippen molar-refractivity contribution in [3.8, 4) is 0 Å². The number of hydrogen-bond acceptors (Lipinski definition) is 6. The smallest absolute Gasteiger partial charge is 0.315 e. The topological polar surface area (TPSA) is 177 Å². The van der Waals surface area contributed by atoms with Gasteiger partial charge in [-0.05, 0) is 60.7 Å². The number of nitrogens with one attached hydrogen (secondary N) is 3.